The molecule has 1 aromatic heterocycles. The first-order valence-electron chi connectivity index (χ1n) is 10.4. The fourth-order valence-corrected chi connectivity index (χ4v) is 3.58. The summed E-state index contributed by atoms with van der Waals surface area (Å²) in [6, 6.07) is 15.0. The van der Waals surface area contributed by atoms with Crippen LogP contribution < -0.4 is 15.4 Å². The lowest BCUT2D eigenvalue weighted by Gasteiger charge is -2.25. The van der Waals surface area contributed by atoms with Crippen LogP contribution in [-0.4, -0.2) is 30.1 Å². The predicted molar refractivity (Wildman–Crippen MR) is 116 cm³/mol. The van der Waals surface area contributed by atoms with E-state index in [1.54, 1.807) is 24.4 Å². The van der Waals surface area contributed by atoms with Gasteiger partial charge in [0.2, 0.25) is 5.91 Å². The van der Waals surface area contributed by atoms with E-state index in [1.807, 2.05) is 31.2 Å². The molecule has 2 heterocycles. The highest BCUT2D eigenvalue weighted by Crippen LogP contribution is 2.26. The zero-order valence-electron chi connectivity index (χ0n) is 17.4. The normalized spacial score (nSPS) is 14.9. The van der Waals surface area contributed by atoms with Crippen molar-refractivity contribution in [2.45, 2.75) is 26.2 Å². The average molecular weight is 419 g/mol. The number of hydrogen-bond donors (Lipinski definition) is 2. The van der Waals surface area contributed by atoms with Gasteiger partial charge in [-0.1, -0.05) is 29.4 Å². The van der Waals surface area contributed by atoms with Crippen molar-refractivity contribution in [3.05, 3.63) is 77.2 Å². The zero-order chi connectivity index (χ0) is 21.6. The summed E-state index contributed by atoms with van der Waals surface area (Å²) in [7, 11) is 0. The van der Waals surface area contributed by atoms with E-state index in [9.17, 15) is 9.59 Å². The largest absolute Gasteiger partial charge is 0.493 e. The Morgan fingerprint density at radius 1 is 1.16 bits per heavy atom. The molecule has 0 saturated carbocycles. The number of nitrogens with zero attached hydrogens (tertiary/aromatic N) is 1. The quantitative estimate of drug-likeness (QED) is 0.611. The van der Waals surface area contributed by atoms with Crippen LogP contribution in [0.15, 0.2) is 59.3 Å². The molecule has 0 aliphatic carbocycles. The summed E-state index contributed by atoms with van der Waals surface area (Å²) >= 11 is 0. The molecule has 2 N–H and O–H groups in total. The van der Waals surface area contributed by atoms with Gasteiger partial charge in [-0.25, -0.2) is 0 Å². The van der Waals surface area contributed by atoms with Crippen molar-refractivity contribution in [1.29, 1.82) is 0 Å². The molecule has 1 unspecified atom stereocenters. The molecule has 3 aromatic rings. The van der Waals surface area contributed by atoms with Crippen molar-refractivity contribution < 1.29 is 18.8 Å². The summed E-state index contributed by atoms with van der Waals surface area (Å²) < 4.78 is 10.8. The number of fused-ring (bicyclic) bond motifs is 1. The van der Waals surface area contributed by atoms with Gasteiger partial charge >= 0.3 is 0 Å². The number of amides is 2. The van der Waals surface area contributed by atoms with Crippen molar-refractivity contribution in [2.75, 3.05) is 18.5 Å². The molecule has 0 fully saturated rings. The molecule has 1 aliphatic heterocycles. The van der Waals surface area contributed by atoms with Crippen molar-refractivity contribution in [3.63, 3.8) is 0 Å². The standard InChI is InChI=1S/C24H25N3O4/c1-16-6-7-19(13-21(16)27-23(28)9-8-20-10-11-26-31-20)24(29)25-14-17-12-18-4-2-3-5-22(18)30-15-17/h2-7,10-11,13,17H,8-9,12,14-15H2,1H3,(H,25,29)(H,27,28). The van der Waals surface area contributed by atoms with Gasteiger partial charge in [-0.2, -0.15) is 0 Å². The molecular weight excluding hydrogens is 394 g/mol. The first-order valence-corrected chi connectivity index (χ1v) is 10.4. The lowest BCUT2D eigenvalue weighted by molar-refractivity contribution is -0.116. The Kier molecular flexibility index (Phi) is 6.31. The van der Waals surface area contributed by atoms with E-state index >= 15 is 0 Å². The summed E-state index contributed by atoms with van der Waals surface area (Å²) in [5, 5.41) is 9.51. The minimum atomic E-state index is -0.170. The molecule has 0 saturated heterocycles. The Morgan fingerprint density at radius 2 is 2.03 bits per heavy atom. The van der Waals surface area contributed by atoms with Crippen LogP contribution in [0.2, 0.25) is 0 Å². The Bertz CT molecular complexity index is 1060. The molecule has 0 bridgehead atoms. The summed E-state index contributed by atoms with van der Waals surface area (Å²) in [5.41, 5.74) is 3.19. The van der Waals surface area contributed by atoms with E-state index in [1.165, 1.54) is 5.56 Å². The number of anilines is 1. The fourth-order valence-electron chi connectivity index (χ4n) is 3.58. The molecule has 31 heavy (non-hydrogen) atoms. The van der Waals surface area contributed by atoms with Gasteiger partial charge in [0.05, 0.1) is 12.8 Å². The summed E-state index contributed by atoms with van der Waals surface area (Å²) in [6.45, 7) is 3.00. The van der Waals surface area contributed by atoms with Gasteiger partial charge in [0.25, 0.3) is 5.91 Å². The highest BCUT2D eigenvalue weighted by Gasteiger charge is 2.20. The summed E-state index contributed by atoms with van der Waals surface area (Å²) in [4.78, 5) is 25.0. The van der Waals surface area contributed by atoms with Crippen LogP contribution in [-0.2, 0) is 17.6 Å². The van der Waals surface area contributed by atoms with Crippen LogP contribution in [0, 0.1) is 12.8 Å². The molecule has 160 valence electrons. The monoisotopic (exact) mass is 419 g/mol. The van der Waals surface area contributed by atoms with Gasteiger partial charge in [-0.15, -0.1) is 0 Å². The molecule has 0 spiro atoms. The molecule has 4 rings (SSSR count). The second-order valence-electron chi connectivity index (χ2n) is 7.76. The van der Waals surface area contributed by atoms with Crippen LogP contribution in [0.5, 0.6) is 5.75 Å². The van der Waals surface area contributed by atoms with Gasteiger partial charge in [-0.3, -0.25) is 9.59 Å². The maximum atomic E-state index is 12.7. The molecule has 1 aliphatic rings. The van der Waals surface area contributed by atoms with Crippen molar-refractivity contribution in [1.82, 2.24) is 10.5 Å². The molecule has 7 heteroatoms. The van der Waals surface area contributed by atoms with Gasteiger partial charge in [0.1, 0.15) is 11.5 Å². The molecule has 7 nitrogen and oxygen atoms in total. The van der Waals surface area contributed by atoms with Crippen molar-refractivity contribution in [3.8, 4) is 5.75 Å². The fraction of sp³-hybridized carbons (Fsp3) is 0.292. The van der Waals surface area contributed by atoms with E-state index in [0.717, 1.165) is 17.7 Å². The number of carbonyl (C=O) groups excluding carboxylic acids is 2. The molecule has 0 radical (unpaired) electrons. The number of nitrogens with one attached hydrogen (secondary N) is 2. The third kappa shape index (κ3) is 5.31. The first kappa shape index (κ1) is 20.7. The third-order valence-corrected chi connectivity index (χ3v) is 5.37. The lowest BCUT2D eigenvalue weighted by atomic mass is 9.96. The predicted octanol–water partition coefficient (Wildman–Crippen LogP) is 3.54. The molecule has 2 amide bonds. The number of aromatic nitrogens is 1. The highest BCUT2D eigenvalue weighted by atomic mass is 16.5. The number of hydrogen-bond acceptors (Lipinski definition) is 5. The van der Waals surface area contributed by atoms with E-state index in [4.69, 9.17) is 9.26 Å². The van der Waals surface area contributed by atoms with Crippen LogP contribution in [0.4, 0.5) is 5.69 Å². The number of benzene rings is 2. The SMILES string of the molecule is Cc1ccc(C(=O)NCC2COc3ccccc3C2)cc1NC(=O)CCc1ccno1. The van der Waals surface area contributed by atoms with Gasteiger partial charge in [-0.05, 0) is 42.7 Å². The van der Waals surface area contributed by atoms with Crippen LogP contribution in [0.3, 0.4) is 0 Å². The Hall–Kier alpha value is -3.61. The maximum absolute atomic E-state index is 12.7. The first-order chi connectivity index (χ1) is 15.1. The zero-order valence-corrected chi connectivity index (χ0v) is 17.4. The molecular formula is C24H25N3O4. The second kappa shape index (κ2) is 9.47. The number of carbonyl (C=O) groups is 2. The maximum Gasteiger partial charge on any atom is 0.251 e. The summed E-state index contributed by atoms with van der Waals surface area (Å²) in [5.74, 6) is 1.49. The van der Waals surface area contributed by atoms with Gasteiger partial charge < -0.3 is 19.9 Å². The van der Waals surface area contributed by atoms with Gasteiger partial charge in [0, 0.05) is 42.6 Å². The average Bonchev–Trinajstić information content (AvgIpc) is 3.31. The van der Waals surface area contributed by atoms with Crippen LogP contribution >= 0.6 is 0 Å². The minimum absolute atomic E-state index is 0.143. The molecule has 2 aromatic carbocycles. The van der Waals surface area contributed by atoms with Crippen molar-refractivity contribution >= 4 is 17.5 Å². The molecule has 1 atom stereocenters. The van der Waals surface area contributed by atoms with E-state index in [-0.39, 0.29) is 24.2 Å². The number of ether oxygens (including phenoxy) is 1. The van der Waals surface area contributed by atoms with E-state index in [0.29, 0.717) is 36.6 Å². The minimum Gasteiger partial charge on any atom is -0.493 e. The number of aryl methyl sites for hydroxylation is 2. The van der Waals surface area contributed by atoms with Crippen LogP contribution in [0.1, 0.15) is 33.7 Å². The Morgan fingerprint density at radius 3 is 2.87 bits per heavy atom. The highest BCUT2D eigenvalue weighted by molar-refractivity contribution is 5.97. The second-order valence-corrected chi connectivity index (χ2v) is 7.76. The smallest absolute Gasteiger partial charge is 0.251 e. The Labute approximate surface area is 180 Å². The summed E-state index contributed by atoms with van der Waals surface area (Å²) in [6.07, 6.45) is 3.17. The third-order valence-electron chi connectivity index (χ3n) is 5.37. The van der Waals surface area contributed by atoms with Crippen LogP contribution in [0.25, 0.3) is 0 Å². The lowest BCUT2D eigenvalue weighted by Crippen LogP contribution is -2.34. The number of rotatable bonds is 7. The Balaban J connectivity index is 1.32. The van der Waals surface area contributed by atoms with Crippen molar-refractivity contribution in [2.24, 2.45) is 5.92 Å². The topological polar surface area (TPSA) is 93.5 Å². The van der Waals surface area contributed by atoms with E-state index in [2.05, 4.69) is 21.9 Å². The van der Waals surface area contributed by atoms with Gasteiger partial charge in [0.15, 0.2) is 0 Å². The van der Waals surface area contributed by atoms with E-state index < -0.39 is 0 Å². The number of para-hydroxylation sites is 1.